The number of rotatable bonds is 5. The molecule has 0 radical (unpaired) electrons. The van der Waals surface area contributed by atoms with E-state index in [1.807, 2.05) is 6.92 Å². The number of halogens is 3. The largest absolute Gasteiger partial charge is 0.534 e. The number of carbonyl (C=O) groups is 1. The fourth-order valence-corrected chi connectivity index (χ4v) is 5.93. The number of carbonyl (C=O) groups excluding carboxylic acids is 1. The van der Waals surface area contributed by atoms with Gasteiger partial charge in [-0.1, -0.05) is 32.8 Å². The van der Waals surface area contributed by atoms with Gasteiger partial charge in [0.25, 0.3) is 0 Å². The lowest BCUT2D eigenvalue weighted by Gasteiger charge is -2.51. The molecular weight excluding hydrogens is 421 g/mol. The van der Waals surface area contributed by atoms with Crippen LogP contribution in [-0.4, -0.2) is 26.8 Å². The molecule has 3 rings (SSSR count). The molecule has 3 atom stereocenters. The summed E-state index contributed by atoms with van der Waals surface area (Å²) in [6.07, 6.45) is 4.05. The minimum atomic E-state index is -5.90. The molecule has 168 valence electrons. The van der Waals surface area contributed by atoms with E-state index in [4.69, 9.17) is 8.92 Å². The van der Waals surface area contributed by atoms with E-state index in [2.05, 4.69) is 6.92 Å². The van der Waals surface area contributed by atoms with E-state index in [1.165, 1.54) is 13.2 Å². The van der Waals surface area contributed by atoms with Crippen LogP contribution in [-0.2, 0) is 26.7 Å². The number of ketones is 1. The van der Waals surface area contributed by atoms with Gasteiger partial charge in [0.15, 0.2) is 11.5 Å². The van der Waals surface area contributed by atoms with Crippen LogP contribution < -0.4 is 8.92 Å². The van der Waals surface area contributed by atoms with Gasteiger partial charge in [-0.05, 0) is 42.7 Å². The Morgan fingerprint density at radius 2 is 1.93 bits per heavy atom. The predicted molar refractivity (Wildman–Crippen MR) is 105 cm³/mol. The first-order chi connectivity index (χ1) is 14.0. The maximum absolute atomic E-state index is 13.2. The summed E-state index contributed by atoms with van der Waals surface area (Å²) in [5.74, 6) is -0.163. The maximum atomic E-state index is 13.2. The molecule has 0 spiro atoms. The second-order valence-corrected chi connectivity index (χ2v) is 9.89. The lowest BCUT2D eigenvalue weighted by atomic mass is 9.52. The van der Waals surface area contributed by atoms with Crippen molar-refractivity contribution in [2.24, 2.45) is 11.8 Å². The fourth-order valence-electron chi connectivity index (χ4n) is 5.45. The third kappa shape index (κ3) is 3.81. The zero-order valence-corrected chi connectivity index (χ0v) is 18.2. The van der Waals surface area contributed by atoms with Crippen molar-refractivity contribution in [1.29, 1.82) is 0 Å². The molecular formula is C21H27F3O5S. The molecule has 0 bridgehead atoms. The van der Waals surface area contributed by atoms with E-state index in [0.29, 0.717) is 36.8 Å². The van der Waals surface area contributed by atoms with Crippen molar-refractivity contribution in [1.82, 2.24) is 0 Å². The highest BCUT2D eigenvalue weighted by Gasteiger charge is 2.54. The normalized spacial score (nSPS) is 27.5. The second-order valence-electron chi connectivity index (χ2n) is 8.35. The number of alkyl halides is 3. The number of benzene rings is 1. The van der Waals surface area contributed by atoms with Crippen LogP contribution >= 0.6 is 0 Å². The summed E-state index contributed by atoms with van der Waals surface area (Å²) in [6, 6.07) is 3.15. The first-order valence-electron chi connectivity index (χ1n) is 10.2. The summed E-state index contributed by atoms with van der Waals surface area (Å²) in [5.41, 5.74) is -5.26. The minimum Gasteiger partial charge on any atom is -0.493 e. The van der Waals surface area contributed by atoms with Crippen molar-refractivity contribution in [2.45, 2.75) is 69.7 Å². The number of hydrogen-bond acceptors (Lipinski definition) is 5. The molecule has 0 N–H and O–H groups in total. The molecule has 2 saturated carbocycles. The first kappa shape index (κ1) is 22.9. The highest BCUT2D eigenvalue weighted by atomic mass is 32.2. The van der Waals surface area contributed by atoms with E-state index >= 15 is 0 Å². The lowest BCUT2D eigenvalue weighted by molar-refractivity contribution is -0.125. The molecule has 1 aromatic carbocycles. The number of fused-ring (bicyclic) bond motifs is 1. The Kier molecular flexibility index (Phi) is 6.15. The molecule has 1 unspecified atom stereocenters. The number of methoxy groups -OCH3 is 1. The second kappa shape index (κ2) is 8.05. The monoisotopic (exact) mass is 448 g/mol. The third-order valence-electron chi connectivity index (χ3n) is 6.71. The van der Waals surface area contributed by atoms with Gasteiger partial charge in [0, 0.05) is 23.8 Å². The van der Waals surface area contributed by atoms with E-state index in [0.717, 1.165) is 12.8 Å². The van der Waals surface area contributed by atoms with E-state index in [1.54, 1.807) is 6.07 Å². The van der Waals surface area contributed by atoms with Crippen molar-refractivity contribution < 1.29 is 35.3 Å². The predicted octanol–water partition coefficient (Wildman–Crippen LogP) is 4.91. The Hall–Kier alpha value is -1.77. The Bertz CT molecular complexity index is 925. The summed E-state index contributed by atoms with van der Waals surface area (Å²) in [5, 5.41) is 0. The lowest BCUT2D eigenvalue weighted by Crippen LogP contribution is -2.47. The zero-order chi connectivity index (χ0) is 22.3. The molecule has 30 heavy (non-hydrogen) atoms. The van der Waals surface area contributed by atoms with Gasteiger partial charge in [0.1, 0.15) is 5.78 Å². The van der Waals surface area contributed by atoms with E-state index in [9.17, 15) is 26.4 Å². The van der Waals surface area contributed by atoms with Crippen LogP contribution in [0.2, 0.25) is 0 Å². The molecule has 0 aliphatic heterocycles. The third-order valence-corrected chi connectivity index (χ3v) is 7.66. The molecule has 2 aliphatic rings. The topological polar surface area (TPSA) is 69.7 Å². The van der Waals surface area contributed by atoms with Crippen LogP contribution in [0.4, 0.5) is 13.2 Å². The molecule has 0 saturated heterocycles. The summed E-state index contributed by atoms with van der Waals surface area (Å²) in [4.78, 5) is 12.5. The molecule has 0 amide bonds. The zero-order valence-electron chi connectivity index (χ0n) is 17.3. The number of ether oxygens (including phenoxy) is 1. The van der Waals surface area contributed by atoms with Gasteiger partial charge in [-0.2, -0.15) is 21.6 Å². The van der Waals surface area contributed by atoms with Gasteiger partial charge < -0.3 is 8.92 Å². The van der Waals surface area contributed by atoms with Crippen molar-refractivity contribution in [2.75, 3.05) is 7.11 Å². The Labute approximate surface area is 175 Å². The van der Waals surface area contributed by atoms with Crippen LogP contribution in [0.15, 0.2) is 12.1 Å². The standard InChI is InChI=1S/C21H27F3O5S/c1-4-14-7-10-17(28-3)19(29-30(26,27)21(22,23)24)18(14)20-11-5-6-13(2)16(20)9-8-15(25)12-20/h7,10,13,16H,4-6,8-9,11-12H2,1-3H3/t13-,16?,20-/m0/s1. The Morgan fingerprint density at radius 3 is 2.53 bits per heavy atom. The van der Waals surface area contributed by atoms with Crippen LogP contribution in [0.25, 0.3) is 0 Å². The maximum Gasteiger partial charge on any atom is 0.534 e. The van der Waals surface area contributed by atoms with Crippen molar-refractivity contribution in [3.8, 4) is 11.5 Å². The summed E-state index contributed by atoms with van der Waals surface area (Å²) in [6.45, 7) is 3.93. The van der Waals surface area contributed by atoms with Gasteiger partial charge in [-0.15, -0.1) is 0 Å². The summed E-state index contributed by atoms with van der Waals surface area (Å²) >= 11 is 0. The van der Waals surface area contributed by atoms with Crippen molar-refractivity contribution in [3.63, 3.8) is 0 Å². The van der Waals surface area contributed by atoms with Crippen molar-refractivity contribution >= 4 is 15.9 Å². The van der Waals surface area contributed by atoms with Crippen LogP contribution in [0, 0.1) is 11.8 Å². The van der Waals surface area contributed by atoms with Crippen molar-refractivity contribution in [3.05, 3.63) is 23.3 Å². The highest BCUT2D eigenvalue weighted by molar-refractivity contribution is 7.88. The SMILES string of the molecule is CCc1ccc(OC)c(OS(=O)(=O)C(F)(F)F)c1[C@]12CCC[C@H](C)C1CCC(=O)C2. The minimum absolute atomic E-state index is 0.0369. The summed E-state index contributed by atoms with van der Waals surface area (Å²) in [7, 11) is -4.65. The Morgan fingerprint density at radius 1 is 1.23 bits per heavy atom. The number of aryl methyl sites for hydroxylation is 1. The first-order valence-corrected chi connectivity index (χ1v) is 11.6. The summed E-state index contributed by atoms with van der Waals surface area (Å²) < 4.78 is 73.3. The number of Topliss-reactive ketones (excluding diaryl/α,β-unsaturated/α-hetero) is 1. The molecule has 5 nitrogen and oxygen atoms in total. The fraction of sp³-hybridized carbons (Fsp3) is 0.667. The number of hydrogen-bond donors (Lipinski definition) is 0. The van der Waals surface area contributed by atoms with E-state index < -0.39 is 26.8 Å². The average Bonchev–Trinajstić information content (AvgIpc) is 2.66. The van der Waals surface area contributed by atoms with Crippen LogP contribution in [0.5, 0.6) is 11.5 Å². The van der Waals surface area contributed by atoms with E-state index in [-0.39, 0.29) is 29.8 Å². The van der Waals surface area contributed by atoms with Crippen LogP contribution in [0.1, 0.15) is 63.5 Å². The molecule has 2 fully saturated rings. The Balaban J connectivity index is 2.30. The molecule has 2 aliphatic carbocycles. The van der Waals surface area contributed by atoms with Gasteiger partial charge in [-0.25, -0.2) is 0 Å². The van der Waals surface area contributed by atoms with Gasteiger partial charge in [0.05, 0.1) is 7.11 Å². The molecule has 9 heteroatoms. The highest BCUT2D eigenvalue weighted by Crippen LogP contribution is 2.58. The quantitative estimate of drug-likeness (QED) is 0.473. The average molecular weight is 449 g/mol. The van der Waals surface area contributed by atoms with Gasteiger partial charge in [0.2, 0.25) is 0 Å². The molecule has 1 aromatic rings. The van der Waals surface area contributed by atoms with Gasteiger partial charge >= 0.3 is 15.6 Å². The van der Waals surface area contributed by atoms with Gasteiger partial charge in [-0.3, -0.25) is 4.79 Å². The smallest absolute Gasteiger partial charge is 0.493 e. The molecule has 0 aromatic heterocycles. The molecule has 0 heterocycles. The van der Waals surface area contributed by atoms with Crippen LogP contribution in [0.3, 0.4) is 0 Å².